The minimum Gasteiger partial charge on any atom is -0.497 e. The van der Waals surface area contributed by atoms with Crippen LogP contribution in [0.2, 0.25) is 0 Å². The zero-order chi connectivity index (χ0) is 18.9. The number of nitrogens with one attached hydrogen (secondary N) is 1. The maximum Gasteiger partial charge on any atom is 0.337 e. The molecule has 0 spiro atoms. The van der Waals surface area contributed by atoms with Crippen molar-refractivity contribution in [3.8, 4) is 17.2 Å². The lowest BCUT2D eigenvalue weighted by Crippen LogP contribution is -2.28. The van der Waals surface area contributed by atoms with Gasteiger partial charge < -0.3 is 24.3 Å². The van der Waals surface area contributed by atoms with Crippen LogP contribution in [0.4, 0.5) is 0 Å². The van der Waals surface area contributed by atoms with Gasteiger partial charge in [0, 0.05) is 6.54 Å². The second-order valence-electron chi connectivity index (χ2n) is 5.27. The largest absolute Gasteiger partial charge is 0.497 e. The summed E-state index contributed by atoms with van der Waals surface area (Å²) in [4.78, 5) is 23.5. The van der Waals surface area contributed by atoms with Gasteiger partial charge in [-0.1, -0.05) is 12.1 Å². The normalized spacial score (nSPS) is 9.96. The minimum absolute atomic E-state index is 0.183. The molecule has 138 valence electrons. The molecule has 0 bridgehead atoms. The number of ether oxygens (including phenoxy) is 4. The Bertz CT molecular complexity index is 774. The van der Waals surface area contributed by atoms with E-state index < -0.39 is 5.97 Å². The summed E-state index contributed by atoms with van der Waals surface area (Å²) in [5.74, 6) is 0.659. The Balaban J connectivity index is 1.91. The Morgan fingerprint density at radius 3 is 2.46 bits per heavy atom. The molecule has 1 amide bonds. The fraction of sp³-hybridized carbons (Fsp3) is 0.263. The van der Waals surface area contributed by atoms with Crippen LogP contribution in [-0.2, 0) is 16.1 Å². The number of amides is 1. The van der Waals surface area contributed by atoms with Crippen molar-refractivity contribution >= 4 is 11.9 Å². The zero-order valence-corrected chi connectivity index (χ0v) is 14.9. The maximum absolute atomic E-state index is 12.0. The Hall–Kier alpha value is -3.22. The van der Waals surface area contributed by atoms with Gasteiger partial charge in [0.1, 0.15) is 5.75 Å². The number of hydrogen-bond donors (Lipinski definition) is 1. The highest BCUT2D eigenvalue weighted by atomic mass is 16.5. The van der Waals surface area contributed by atoms with E-state index in [1.54, 1.807) is 13.2 Å². The fourth-order valence-corrected chi connectivity index (χ4v) is 2.21. The SMILES string of the molecule is COC(=O)c1ccc(OCC(=O)NCc2cccc(OC)c2)c(OC)c1. The van der Waals surface area contributed by atoms with Gasteiger partial charge in [-0.15, -0.1) is 0 Å². The first-order chi connectivity index (χ1) is 12.6. The molecule has 0 unspecified atom stereocenters. The van der Waals surface area contributed by atoms with Crippen molar-refractivity contribution in [3.05, 3.63) is 53.6 Å². The third-order valence-corrected chi connectivity index (χ3v) is 3.57. The minimum atomic E-state index is -0.481. The molecule has 0 saturated carbocycles. The molecule has 0 heterocycles. The van der Waals surface area contributed by atoms with E-state index in [0.717, 1.165) is 11.3 Å². The van der Waals surface area contributed by atoms with Gasteiger partial charge in [0.25, 0.3) is 5.91 Å². The Morgan fingerprint density at radius 2 is 1.77 bits per heavy atom. The average molecular weight is 359 g/mol. The topological polar surface area (TPSA) is 83.1 Å². The van der Waals surface area contributed by atoms with Gasteiger partial charge in [-0.05, 0) is 35.9 Å². The third-order valence-electron chi connectivity index (χ3n) is 3.57. The second kappa shape index (κ2) is 9.31. The highest BCUT2D eigenvalue weighted by Gasteiger charge is 2.12. The van der Waals surface area contributed by atoms with E-state index in [1.165, 1.54) is 26.4 Å². The van der Waals surface area contributed by atoms with E-state index in [1.807, 2.05) is 24.3 Å². The Labute approximate surface area is 151 Å². The summed E-state index contributed by atoms with van der Waals surface area (Å²) in [6, 6.07) is 12.0. The standard InChI is InChI=1S/C19H21NO6/c1-23-15-6-4-5-13(9-15)11-20-18(21)12-26-16-8-7-14(19(22)25-3)10-17(16)24-2/h4-10H,11-12H2,1-3H3,(H,20,21). The number of benzene rings is 2. The number of rotatable bonds is 8. The summed E-state index contributed by atoms with van der Waals surface area (Å²) < 4.78 is 20.5. The number of esters is 1. The molecule has 0 aliphatic carbocycles. The van der Waals surface area contributed by atoms with Crippen LogP contribution >= 0.6 is 0 Å². The van der Waals surface area contributed by atoms with Crippen LogP contribution in [0.25, 0.3) is 0 Å². The van der Waals surface area contributed by atoms with E-state index >= 15 is 0 Å². The summed E-state index contributed by atoms with van der Waals surface area (Å²) in [7, 11) is 4.34. The summed E-state index contributed by atoms with van der Waals surface area (Å²) in [6.07, 6.45) is 0. The molecular weight excluding hydrogens is 338 g/mol. The molecule has 7 nitrogen and oxygen atoms in total. The summed E-state index contributed by atoms with van der Waals surface area (Å²) in [6.45, 7) is 0.176. The first-order valence-electron chi connectivity index (χ1n) is 7.86. The highest BCUT2D eigenvalue weighted by molar-refractivity contribution is 5.90. The van der Waals surface area contributed by atoms with E-state index in [9.17, 15) is 9.59 Å². The van der Waals surface area contributed by atoms with Gasteiger partial charge in [0.05, 0.1) is 26.9 Å². The van der Waals surface area contributed by atoms with Crippen molar-refractivity contribution in [2.45, 2.75) is 6.54 Å². The molecule has 2 rings (SSSR count). The Kier molecular flexibility index (Phi) is 6.84. The number of carbonyl (C=O) groups is 2. The summed E-state index contributed by atoms with van der Waals surface area (Å²) in [5.41, 5.74) is 1.25. The van der Waals surface area contributed by atoms with E-state index in [-0.39, 0.29) is 12.5 Å². The average Bonchev–Trinajstić information content (AvgIpc) is 2.70. The van der Waals surface area contributed by atoms with Gasteiger partial charge in [-0.3, -0.25) is 4.79 Å². The molecule has 26 heavy (non-hydrogen) atoms. The molecule has 0 atom stereocenters. The van der Waals surface area contributed by atoms with Crippen LogP contribution < -0.4 is 19.5 Å². The molecule has 0 fully saturated rings. The lowest BCUT2D eigenvalue weighted by atomic mass is 10.2. The summed E-state index contributed by atoms with van der Waals surface area (Å²) >= 11 is 0. The third kappa shape index (κ3) is 5.14. The van der Waals surface area contributed by atoms with Crippen molar-refractivity contribution in [1.29, 1.82) is 0 Å². The molecule has 0 aliphatic heterocycles. The first-order valence-corrected chi connectivity index (χ1v) is 7.86. The van der Waals surface area contributed by atoms with Crippen molar-refractivity contribution < 1.29 is 28.5 Å². The molecule has 0 radical (unpaired) electrons. The van der Waals surface area contributed by atoms with Crippen LogP contribution in [0.15, 0.2) is 42.5 Å². The first kappa shape index (κ1) is 19.1. The lowest BCUT2D eigenvalue weighted by Gasteiger charge is -2.12. The van der Waals surface area contributed by atoms with E-state index in [4.69, 9.17) is 14.2 Å². The number of carbonyl (C=O) groups excluding carboxylic acids is 2. The van der Waals surface area contributed by atoms with Crippen molar-refractivity contribution in [1.82, 2.24) is 5.32 Å². The fourth-order valence-electron chi connectivity index (χ4n) is 2.21. The van der Waals surface area contributed by atoms with Gasteiger partial charge in [-0.2, -0.15) is 0 Å². The molecule has 2 aromatic carbocycles. The van der Waals surface area contributed by atoms with Gasteiger partial charge in [0.2, 0.25) is 0 Å². The monoisotopic (exact) mass is 359 g/mol. The lowest BCUT2D eigenvalue weighted by molar-refractivity contribution is -0.123. The Morgan fingerprint density at radius 1 is 0.962 bits per heavy atom. The predicted molar refractivity (Wildman–Crippen MR) is 94.7 cm³/mol. The smallest absolute Gasteiger partial charge is 0.337 e. The maximum atomic E-state index is 12.0. The molecule has 0 saturated heterocycles. The molecule has 2 aromatic rings. The van der Waals surface area contributed by atoms with Crippen molar-refractivity contribution in [3.63, 3.8) is 0 Å². The van der Waals surface area contributed by atoms with Gasteiger partial charge >= 0.3 is 5.97 Å². The quantitative estimate of drug-likeness (QED) is 0.728. The molecular formula is C19H21NO6. The van der Waals surface area contributed by atoms with Gasteiger partial charge in [0.15, 0.2) is 18.1 Å². The molecule has 1 N–H and O–H groups in total. The molecule has 7 heteroatoms. The van der Waals surface area contributed by atoms with Crippen LogP contribution in [0.1, 0.15) is 15.9 Å². The van der Waals surface area contributed by atoms with Gasteiger partial charge in [-0.25, -0.2) is 4.79 Å². The van der Waals surface area contributed by atoms with E-state index in [2.05, 4.69) is 10.1 Å². The molecule has 0 aliphatic rings. The van der Waals surface area contributed by atoms with Crippen LogP contribution in [0.5, 0.6) is 17.2 Å². The van der Waals surface area contributed by atoms with Crippen LogP contribution in [0, 0.1) is 0 Å². The second-order valence-corrected chi connectivity index (χ2v) is 5.27. The predicted octanol–water partition coefficient (Wildman–Crippen LogP) is 2.19. The van der Waals surface area contributed by atoms with E-state index in [0.29, 0.717) is 23.6 Å². The summed E-state index contributed by atoms with van der Waals surface area (Å²) in [5, 5.41) is 2.76. The highest BCUT2D eigenvalue weighted by Crippen LogP contribution is 2.28. The van der Waals surface area contributed by atoms with Crippen molar-refractivity contribution in [2.24, 2.45) is 0 Å². The van der Waals surface area contributed by atoms with Crippen LogP contribution in [-0.4, -0.2) is 39.8 Å². The van der Waals surface area contributed by atoms with Crippen molar-refractivity contribution in [2.75, 3.05) is 27.9 Å². The molecule has 0 aromatic heterocycles. The number of methoxy groups -OCH3 is 3. The zero-order valence-electron chi connectivity index (χ0n) is 14.9. The van der Waals surface area contributed by atoms with Crippen LogP contribution in [0.3, 0.4) is 0 Å². The number of hydrogen-bond acceptors (Lipinski definition) is 6.